The molecule has 6 atom stereocenters. The number of ether oxygens (including phenoxy) is 4. The van der Waals surface area contributed by atoms with Crippen molar-refractivity contribution in [1.29, 1.82) is 0 Å². The number of hydrogen-bond donors (Lipinski definition) is 2. The van der Waals surface area contributed by atoms with Crippen molar-refractivity contribution < 1.29 is 43.7 Å². The van der Waals surface area contributed by atoms with Gasteiger partial charge in [-0.1, -0.05) is 43.1 Å². The van der Waals surface area contributed by atoms with Gasteiger partial charge in [-0.2, -0.15) is 0 Å². The minimum atomic E-state index is -1.46. The number of nitrogens with zero attached hydrogens (tertiary/aromatic N) is 3. The number of benzene rings is 3. The van der Waals surface area contributed by atoms with E-state index in [0.29, 0.717) is 42.2 Å². The molecule has 0 aromatic heterocycles. The molecule has 1 saturated carbocycles. The monoisotopic (exact) mass is 811 g/mol. The number of aliphatic hydroxyl groups is 2. The first-order valence-electron chi connectivity index (χ1n) is 20.7. The van der Waals surface area contributed by atoms with E-state index in [4.69, 9.17) is 23.8 Å². The third kappa shape index (κ3) is 9.32. The molecule has 1 heterocycles. The average Bonchev–Trinajstić information content (AvgIpc) is 3.22. The molecule has 0 radical (unpaired) electrons. The van der Waals surface area contributed by atoms with Gasteiger partial charge in [-0.15, -0.1) is 6.58 Å². The molecule has 59 heavy (non-hydrogen) atoms. The molecular formula is C46H57N3O10. The number of rotatable bonds is 19. The van der Waals surface area contributed by atoms with Crippen LogP contribution in [0.2, 0.25) is 0 Å². The number of aliphatic hydroxyl groups excluding tert-OH is 2. The fourth-order valence-corrected chi connectivity index (χ4v) is 9.15. The Morgan fingerprint density at radius 1 is 1.00 bits per heavy atom. The number of carbonyl (C=O) groups is 1. The number of nitro groups is 1. The van der Waals surface area contributed by atoms with Crippen molar-refractivity contribution in [3.63, 3.8) is 0 Å². The van der Waals surface area contributed by atoms with Crippen LogP contribution >= 0.6 is 0 Å². The summed E-state index contributed by atoms with van der Waals surface area (Å²) in [6.45, 7) is 10.6. The molecule has 13 heteroatoms. The second-order valence-corrected chi connectivity index (χ2v) is 15.6. The van der Waals surface area contributed by atoms with Crippen molar-refractivity contribution in [3.8, 4) is 23.0 Å². The lowest BCUT2D eigenvalue weighted by atomic mass is 9.55. The first kappa shape index (κ1) is 43.3. The number of non-ortho nitro benzene ring substituents is 1. The molecule has 3 aliphatic rings. The number of nitro benzene ring substituents is 1. The quantitative estimate of drug-likeness (QED) is 0.0517. The second-order valence-electron chi connectivity index (χ2n) is 15.6. The number of fused-ring (bicyclic) bond motifs is 2. The van der Waals surface area contributed by atoms with E-state index in [2.05, 4.69) is 37.7 Å². The smallest absolute Gasteiger partial charge is 0.415 e. The summed E-state index contributed by atoms with van der Waals surface area (Å²) in [6, 6.07) is 16.5. The number of unbranched alkanes of at least 4 members (excludes halogenated alkanes) is 2. The van der Waals surface area contributed by atoms with Crippen LogP contribution in [-0.4, -0.2) is 77.1 Å². The Bertz CT molecular complexity index is 2020. The Labute approximate surface area is 346 Å². The Hall–Kier alpha value is -5.24. The van der Waals surface area contributed by atoms with Crippen LogP contribution in [-0.2, 0) is 9.57 Å². The van der Waals surface area contributed by atoms with E-state index in [1.54, 1.807) is 11.0 Å². The number of allylic oxidation sites excluding steroid dienone is 1. The molecule has 1 aliphatic heterocycles. The van der Waals surface area contributed by atoms with Crippen LogP contribution in [0.4, 0.5) is 10.5 Å². The van der Waals surface area contributed by atoms with Gasteiger partial charge in [0, 0.05) is 49.8 Å². The van der Waals surface area contributed by atoms with Crippen LogP contribution in [0.25, 0.3) is 0 Å². The van der Waals surface area contributed by atoms with Crippen LogP contribution in [0.5, 0.6) is 23.0 Å². The number of aryl methyl sites for hydroxylation is 2. The highest BCUT2D eigenvalue weighted by molar-refractivity contribution is 6.03. The van der Waals surface area contributed by atoms with Gasteiger partial charge in [-0.3, -0.25) is 15.0 Å². The lowest BCUT2D eigenvalue weighted by Crippen LogP contribution is -2.70. The van der Waals surface area contributed by atoms with Gasteiger partial charge in [0.2, 0.25) is 5.79 Å². The lowest BCUT2D eigenvalue weighted by molar-refractivity contribution is -0.384. The average molecular weight is 812 g/mol. The van der Waals surface area contributed by atoms with E-state index in [0.717, 1.165) is 42.4 Å². The fraction of sp³-hybridized carbons (Fsp3) is 0.478. The number of hydrogen-bond acceptors (Lipinski definition) is 11. The van der Waals surface area contributed by atoms with Crippen LogP contribution in [0.1, 0.15) is 80.9 Å². The summed E-state index contributed by atoms with van der Waals surface area (Å²) >= 11 is 0. The summed E-state index contributed by atoms with van der Waals surface area (Å²) in [7, 11) is 1.51. The molecule has 316 valence electrons. The van der Waals surface area contributed by atoms with Crippen molar-refractivity contribution in [1.82, 2.24) is 4.90 Å². The summed E-state index contributed by atoms with van der Waals surface area (Å²) in [5.74, 6) is 0.0285. The van der Waals surface area contributed by atoms with Gasteiger partial charge in [-0.05, 0) is 117 Å². The standard InChI is InChI=1S/C46H57N3O10/c1-6-22-48(45(52)58-34-18-15-33(16-19-34)49(53)54)42-29-40(47-55-5)38-27-32(12-8-10-23-50)37(13-9-11-24-51)43-39-28-36(57-35-17-14-30(3)31(4)26-35)20-21-41(39)59-46(42,44(38)43)56-25-7-2/h7,14-21,26-28,32,37,42-44,50-51H,2,6,8-13,22-25,29H2,1,3-5H3. The maximum Gasteiger partial charge on any atom is 0.415 e. The highest BCUT2D eigenvalue weighted by atomic mass is 16.7. The maximum absolute atomic E-state index is 14.5. The van der Waals surface area contributed by atoms with Gasteiger partial charge in [0.1, 0.15) is 36.1 Å². The number of oxime groups is 1. The fourth-order valence-electron chi connectivity index (χ4n) is 9.15. The lowest BCUT2D eigenvalue weighted by Gasteiger charge is -2.59. The van der Waals surface area contributed by atoms with Gasteiger partial charge in [0.25, 0.3) is 5.69 Å². The van der Waals surface area contributed by atoms with Crippen LogP contribution < -0.4 is 14.2 Å². The molecule has 0 spiro atoms. The summed E-state index contributed by atoms with van der Waals surface area (Å²) in [5.41, 5.74) is 4.67. The molecule has 13 nitrogen and oxygen atoms in total. The predicted octanol–water partition coefficient (Wildman–Crippen LogP) is 9.18. The molecule has 6 unspecified atom stereocenters. The third-order valence-corrected chi connectivity index (χ3v) is 11.9. The molecule has 2 aliphatic carbocycles. The SMILES string of the molecule is C=CCOC12Oc3ccc(Oc4ccc(C)c(C)c4)cc3C3C(CCCCO)C(CCCCO)C=C(C(=NOC)CC1N(CCC)C(=O)Oc1ccc([N+](=O)[O-])cc1)C32. The van der Waals surface area contributed by atoms with E-state index in [1.807, 2.05) is 37.3 Å². The molecule has 3 aromatic carbocycles. The Balaban J connectivity index is 1.54. The third-order valence-electron chi connectivity index (χ3n) is 11.9. The molecule has 6 rings (SSSR count). The van der Waals surface area contributed by atoms with Crippen LogP contribution in [0, 0.1) is 41.7 Å². The molecule has 1 amide bonds. The second kappa shape index (κ2) is 19.7. The van der Waals surface area contributed by atoms with Gasteiger partial charge in [-0.25, -0.2) is 4.79 Å². The van der Waals surface area contributed by atoms with E-state index in [9.17, 15) is 25.1 Å². The van der Waals surface area contributed by atoms with Crippen LogP contribution in [0.3, 0.4) is 0 Å². The van der Waals surface area contributed by atoms with Gasteiger partial charge in [0.15, 0.2) is 0 Å². The number of carbonyl (C=O) groups excluding carboxylic acids is 1. The first-order chi connectivity index (χ1) is 28.6. The first-order valence-corrected chi connectivity index (χ1v) is 20.7. The van der Waals surface area contributed by atoms with E-state index >= 15 is 0 Å². The molecule has 1 fully saturated rings. The minimum Gasteiger partial charge on any atom is -0.459 e. The highest BCUT2D eigenvalue weighted by Gasteiger charge is 2.65. The van der Waals surface area contributed by atoms with Gasteiger partial charge in [0.05, 0.1) is 23.2 Å². The van der Waals surface area contributed by atoms with Gasteiger partial charge < -0.3 is 34.0 Å². The zero-order valence-corrected chi connectivity index (χ0v) is 34.5. The molecule has 2 N–H and O–H groups in total. The zero-order chi connectivity index (χ0) is 42.1. The zero-order valence-electron chi connectivity index (χ0n) is 34.5. The Kier molecular flexibility index (Phi) is 14.5. The maximum atomic E-state index is 14.5. The topological polar surface area (TPSA) is 162 Å². The molecule has 0 saturated heterocycles. The van der Waals surface area contributed by atoms with E-state index < -0.39 is 28.8 Å². The number of amides is 1. The van der Waals surface area contributed by atoms with Crippen LogP contribution in [0.15, 0.2) is 90.1 Å². The van der Waals surface area contributed by atoms with Crippen molar-refractivity contribution in [3.05, 3.63) is 112 Å². The molecule has 3 aromatic rings. The normalized spacial score (nSPS) is 23.6. The summed E-state index contributed by atoms with van der Waals surface area (Å²) in [6.07, 6.45) is 8.57. The van der Waals surface area contributed by atoms with Crippen molar-refractivity contribution >= 4 is 17.5 Å². The Morgan fingerprint density at radius 3 is 2.36 bits per heavy atom. The van der Waals surface area contributed by atoms with Gasteiger partial charge >= 0.3 is 6.09 Å². The molecule has 0 bridgehead atoms. The largest absolute Gasteiger partial charge is 0.459 e. The highest BCUT2D eigenvalue weighted by Crippen LogP contribution is 2.62. The Morgan fingerprint density at radius 2 is 1.69 bits per heavy atom. The molecular weight excluding hydrogens is 755 g/mol. The summed E-state index contributed by atoms with van der Waals surface area (Å²) < 4.78 is 26.7. The van der Waals surface area contributed by atoms with E-state index in [1.165, 1.54) is 36.9 Å². The minimum absolute atomic E-state index is 0.0365. The summed E-state index contributed by atoms with van der Waals surface area (Å²) in [5, 5.41) is 35.7. The van der Waals surface area contributed by atoms with Crippen molar-refractivity contribution in [2.24, 2.45) is 22.9 Å². The van der Waals surface area contributed by atoms with Crippen molar-refractivity contribution in [2.45, 2.75) is 89.9 Å². The van der Waals surface area contributed by atoms with Crippen molar-refractivity contribution in [2.75, 3.05) is 33.5 Å². The summed E-state index contributed by atoms with van der Waals surface area (Å²) in [4.78, 5) is 32.5. The predicted molar refractivity (Wildman–Crippen MR) is 224 cm³/mol. The van der Waals surface area contributed by atoms with E-state index in [-0.39, 0.29) is 62.0 Å².